The molecule has 3 aromatic rings. The van der Waals surface area contributed by atoms with Crippen LogP contribution in [0.3, 0.4) is 0 Å². The number of rotatable bonds is 13. The van der Waals surface area contributed by atoms with Gasteiger partial charge in [-0.05, 0) is 87.0 Å². The van der Waals surface area contributed by atoms with Crippen LogP contribution in [0.2, 0.25) is 5.02 Å². The molecule has 0 spiro atoms. The first kappa shape index (κ1) is 41.7. The summed E-state index contributed by atoms with van der Waals surface area (Å²) in [4.78, 5) is 4.92. The molecule has 0 aromatic heterocycles. The van der Waals surface area contributed by atoms with Gasteiger partial charge in [0, 0.05) is 51.9 Å². The van der Waals surface area contributed by atoms with Crippen molar-refractivity contribution < 1.29 is 26.6 Å². The van der Waals surface area contributed by atoms with Crippen LogP contribution in [0.5, 0.6) is 5.75 Å². The molecule has 1 atom stereocenters. The van der Waals surface area contributed by atoms with Crippen molar-refractivity contribution in [2.45, 2.75) is 76.0 Å². The summed E-state index contributed by atoms with van der Waals surface area (Å²) in [5.74, 6) is 3.47. The van der Waals surface area contributed by atoms with Crippen molar-refractivity contribution in [3.8, 4) is 5.75 Å². The van der Waals surface area contributed by atoms with Crippen molar-refractivity contribution in [1.82, 2.24) is 4.31 Å². The standard InChI is InChI=1S/C32H45ClF2N3O2S2.C7H7F/c1-22(32(3,4)24-11-14-29(34)31(17-24)40-8)20-36-23(2)41-21-27-28(33)18-26(19-30(27)35)42(9,39)37(25-12-13-25)15-10-16-38(5,6)7;1-6-2-4-7(8)5-3-6/h11,14,17-20,25H,9-10,12-13,15-16,21H2,1-8H3;2-5H,1H3/q+1;/b22-20+,36-23?;. The number of quaternary nitrogens is 1. The lowest BCUT2D eigenvalue weighted by Gasteiger charge is -2.29. The van der Waals surface area contributed by atoms with E-state index in [0.29, 0.717) is 17.0 Å². The maximum Gasteiger partial charge on any atom is 0.165 e. The Kier molecular flexibility index (Phi) is 14.7. The summed E-state index contributed by atoms with van der Waals surface area (Å²) in [6, 6.07) is 14.4. The largest absolute Gasteiger partial charge is 0.494 e. The van der Waals surface area contributed by atoms with Crippen LogP contribution in [0.1, 0.15) is 63.6 Å². The number of hydrogen-bond acceptors (Lipinski definition) is 4. The Bertz CT molecular complexity index is 1740. The number of allylic oxidation sites excluding steroid dienone is 1. The number of nitrogens with zero attached hydrogens (tertiary/aromatic N) is 3. The van der Waals surface area contributed by atoms with Crippen molar-refractivity contribution in [1.29, 1.82) is 0 Å². The summed E-state index contributed by atoms with van der Waals surface area (Å²) in [5.41, 5.74) is 2.89. The van der Waals surface area contributed by atoms with Crippen LogP contribution in [0.4, 0.5) is 13.2 Å². The molecule has 1 unspecified atom stereocenters. The second-order valence-corrected chi connectivity index (χ2v) is 18.1. The van der Waals surface area contributed by atoms with Crippen molar-refractivity contribution in [2.75, 3.05) is 41.3 Å². The van der Waals surface area contributed by atoms with E-state index >= 15 is 4.39 Å². The molecular weight excluding hydrogens is 699 g/mol. The number of ether oxygens (including phenoxy) is 1. The molecule has 0 radical (unpaired) electrons. The number of benzene rings is 3. The van der Waals surface area contributed by atoms with Crippen molar-refractivity contribution in [2.24, 2.45) is 4.99 Å². The van der Waals surface area contributed by atoms with Gasteiger partial charge < -0.3 is 9.22 Å². The topological polar surface area (TPSA) is 41.9 Å². The Morgan fingerprint density at radius 2 is 1.72 bits per heavy atom. The Labute approximate surface area is 307 Å². The van der Waals surface area contributed by atoms with E-state index in [1.165, 1.54) is 43.1 Å². The monoisotopic (exact) mass is 750 g/mol. The Morgan fingerprint density at radius 1 is 1.08 bits per heavy atom. The lowest BCUT2D eigenvalue weighted by Crippen LogP contribution is -2.39. The molecule has 50 heavy (non-hydrogen) atoms. The minimum Gasteiger partial charge on any atom is -0.494 e. The molecule has 0 saturated heterocycles. The maximum absolute atomic E-state index is 15.4. The van der Waals surface area contributed by atoms with Crippen LogP contribution in [0.15, 0.2) is 76.3 Å². The molecule has 274 valence electrons. The lowest BCUT2D eigenvalue weighted by molar-refractivity contribution is -0.870. The van der Waals surface area contributed by atoms with Crippen LogP contribution >= 0.6 is 23.4 Å². The van der Waals surface area contributed by atoms with Crippen molar-refractivity contribution in [3.05, 3.63) is 106 Å². The molecule has 0 aliphatic heterocycles. The van der Waals surface area contributed by atoms with Crippen LogP contribution in [0, 0.1) is 24.4 Å². The van der Waals surface area contributed by atoms with Crippen LogP contribution in [-0.4, -0.2) is 71.3 Å². The SMILES string of the molecule is C=S(=O)(c1cc(F)c(CSC(C)=N/C=C(\C)C(C)(C)c2ccc(F)c(OC)c2)c(Cl)c1)N(CCC[N+](C)(C)C)C1CC1.Cc1ccc(F)cc1. The number of methoxy groups -OCH3 is 1. The Balaban J connectivity index is 0.000000740. The van der Waals surface area contributed by atoms with Gasteiger partial charge in [-0.1, -0.05) is 49.2 Å². The lowest BCUT2D eigenvalue weighted by atomic mass is 9.78. The molecule has 0 N–H and O–H groups in total. The fraction of sp³-hybridized carbons (Fsp3) is 0.436. The van der Waals surface area contributed by atoms with Gasteiger partial charge in [0.25, 0.3) is 0 Å². The highest BCUT2D eigenvalue weighted by Crippen LogP contribution is 2.36. The summed E-state index contributed by atoms with van der Waals surface area (Å²) in [5, 5.41) is 0.974. The maximum atomic E-state index is 15.4. The average Bonchev–Trinajstić information content (AvgIpc) is 3.88. The second-order valence-electron chi connectivity index (χ2n) is 14.3. The smallest absolute Gasteiger partial charge is 0.165 e. The highest BCUT2D eigenvalue weighted by molar-refractivity contribution is 8.13. The van der Waals surface area contributed by atoms with Gasteiger partial charge in [-0.15, -0.1) is 11.8 Å². The number of hydrogen-bond donors (Lipinski definition) is 0. The van der Waals surface area contributed by atoms with E-state index < -0.39 is 26.8 Å². The zero-order valence-electron chi connectivity index (χ0n) is 30.8. The zero-order valence-corrected chi connectivity index (χ0v) is 33.2. The molecule has 1 saturated carbocycles. The van der Waals surface area contributed by atoms with Gasteiger partial charge in [-0.2, -0.15) is 0 Å². The summed E-state index contributed by atoms with van der Waals surface area (Å²) in [6.07, 6.45) is 4.61. The van der Waals surface area contributed by atoms with Gasteiger partial charge in [0.2, 0.25) is 0 Å². The van der Waals surface area contributed by atoms with Crippen LogP contribution < -0.4 is 4.74 Å². The third-order valence-corrected chi connectivity index (χ3v) is 12.3. The van der Waals surface area contributed by atoms with Crippen LogP contribution in [0.25, 0.3) is 0 Å². The predicted molar refractivity (Wildman–Crippen MR) is 207 cm³/mol. The Hall–Kier alpha value is -2.76. The van der Waals surface area contributed by atoms with Crippen molar-refractivity contribution >= 4 is 44.0 Å². The van der Waals surface area contributed by atoms with E-state index in [9.17, 15) is 13.0 Å². The molecule has 11 heteroatoms. The first-order valence-electron chi connectivity index (χ1n) is 16.6. The highest BCUT2D eigenvalue weighted by atomic mass is 35.5. The minimum atomic E-state index is -2.88. The number of aryl methyl sites for hydroxylation is 1. The number of halogens is 4. The van der Waals surface area contributed by atoms with E-state index in [2.05, 4.69) is 32.0 Å². The van der Waals surface area contributed by atoms with E-state index in [-0.39, 0.29) is 28.4 Å². The fourth-order valence-corrected chi connectivity index (χ4v) is 8.21. The first-order chi connectivity index (χ1) is 23.3. The van der Waals surface area contributed by atoms with Gasteiger partial charge in [-0.25, -0.2) is 21.7 Å². The van der Waals surface area contributed by atoms with E-state index in [4.69, 9.17) is 16.3 Å². The van der Waals surface area contributed by atoms with E-state index in [1.807, 2.05) is 38.9 Å². The van der Waals surface area contributed by atoms with Crippen LogP contribution in [-0.2, 0) is 20.9 Å². The van der Waals surface area contributed by atoms with Gasteiger partial charge in [-0.3, -0.25) is 4.99 Å². The fourth-order valence-electron chi connectivity index (χ4n) is 5.04. The zero-order chi connectivity index (χ0) is 37.4. The number of thioether (sulfide) groups is 1. The second kappa shape index (κ2) is 17.6. The third kappa shape index (κ3) is 11.9. The minimum absolute atomic E-state index is 0.171. The molecule has 1 aliphatic rings. The summed E-state index contributed by atoms with van der Waals surface area (Å²) >= 11 is 7.94. The first-order valence-corrected chi connectivity index (χ1v) is 19.6. The molecule has 0 amide bonds. The van der Waals surface area contributed by atoms with E-state index in [0.717, 1.165) is 52.0 Å². The summed E-state index contributed by atoms with van der Waals surface area (Å²) in [7, 11) is 4.96. The molecule has 0 heterocycles. The average molecular weight is 751 g/mol. The highest BCUT2D eigenvalue weighted by Gasteiger charge is 2.35. The van der Waals surface area contributed by atoms with E-state index in [1.54, 1.807) is 36.5 Å². The molecule has 1 fully saturated rings. The van der Waals surface area contributed by atoms with Crippen molar-refractivity contribution in [3.63, 3.8) is 0 Å². The van der Waals surface area contributed by atoms with Gasteiger partial charge in [0.1, 0.15) is 11.6 Å². The number of aliphatic imine (C=N–C) groups is 1. The molecule has 4 rings (SSSR count). The van der Waals surface area contributed by atoms with Gasteiger partial charge in [0.15, 0.2) is 11.6 Å². The summed E-state index contributed by atoms with van der Waals surface area (Å²) < 4.78 is 63.2. The van der Waals surface area contributed by atoms with Gasteiger partial charge in [0.05, 0.1) is 49.5 Å². The van der Waals surface area contributed by atoms with Gasteiger partial charge >= 0.3 is 0 Å². The molecule has 3 aromatic carbocycles. The predicted octanol–water partition coefficient (Wildman–Crippen LogP) is 9.85. The Morgan fingerprint density at radius 3 is 2.26 bits per heavy atom. The summed E-state index contributed by atoms with van der Waals surface area (Å²) in [6.45, 7) is 11.4. The third-order valence-electron chi connectivity index (χ3n) is 8.76. The molecule has 1 aliphatic carbocycles. The normalized spacial score (nSPS) is 15.4. The quantitative estimate of drug-likeness (QED) is 0.0757. The molecule has 5 nitrogen and oxygen atoms in total. The molecule has 0 bridgehead atoms. The molecular formula is C39H52ClF3N3O2S2+.